The molecule has 0 aliphatic heterocycles. The standard InChI is InChI=1S/C23H25FN6O4S2/c1-5-16(9-19-25-10-15(24)11-26-19)36(31,32)13-20-28-29-22(23-27-14(2)12-35-23)30(20)21-17(33-3)7-6-8-18(21)34-4/h6-8,10-12,16H,5,9,13H2,1-4H3/t16-/m1/s1. The number of methoxy groups -OCH3 is 2. The molecule has 0 N–H and O–H groups in total. The number of ether oxygens (including phenoxy) is 2. The zero-order chi connectivity index (χ0) is 25.9. The number of thiazole rings is 1. The van der Waals surface area contributed by atoms with Crippen LogP contribution in [0.15, 0.2) is 36.0 Å². The number of aromatic nitrogens is 6. The Morgan fingerprint density at radius 3 is 2.33 bits per heavy atom. The Labute approximate surface area is 212 Å². The van der Waals surface area contributed by atoms with Crippen molar-refractivity contribution in [1.82, 2.24) is 29.7 Å². The van der Waals surface area contributed by atoms with Gasteiger partial charge in [-0.3, -0.25) is 4.57 Å². The van der Waals surface area contributed by atoms with Crippen LogP contribution in [0.5, 0.6) is 11.5 Å². The molecule has 10 nitrogen and oxygen atoms in total. The molecule has 0 fully saturated rings. The Bertz CT molecular complexity index is 1430. The minimum atomic E-state index is -3.76. The molecule has 0 radical (unpaired) electrons. The number of aryl methyl sites for hydroxylation is 1. The molecule has 1 aromatic carbocycles. The fourth-order valence-corrected chi connectivity index (χ4v) is 6.23. The lowest BCUT2D eigenvalue weighted by atomic mass is 10.2. The molecule has 4 rings (SSSR count). The highest BCUT2D eigenvalue weighted by Crippen LogP contribution is 2.37. The van der Waals surface area contributed by atoms with Gasteiger partial charge >= 0.3 is 0 Å². The highest BCUT2D eigenvalue weighted by Gasteiger charge is 2.31. The summed E-state index contributed by atoms with van der Waals surface area (Å²) in [5.41, 5.74) is 1.27. The quantitative estimate of drug-likeness (QED) is 0.302. The molecule has 0 amide bonds. The molecule has 4 aromatic rings. The van der Waals surface area contributed by atoms with Gasteiger partial charge < -0.3 is 9.47 Å². The summed E-state index contributed by atoms with van der Waals surface area (Å²) in [6, 6.07) is 5.26. The highest BCUT2D eigenvalue weighted by atomic mass is 32.2. The maximum Gasteiger partial charge on any atom is 0.197 e. The molecule has 0 saturated carbocycles. The van der Waals surface area contributed by atoms with Crippen LogP contribution in [0, 0.1) is 12.7 Å². The number of halogens is 1. The van der Waals surface area contributed by atoms with Crippen molar-refractivity contribution in [2.45, 2.75) is 37.7 Å². The van der Waals surface area contributed by atoms with Crippen LogP contribution >= 0.6 is 11.3 Å². The van der Waals surface area contributed by atoms with Gasteiger partial charge in [-0.15, -0.1) is 21.5 Å². The van der Waals surface area contributed by atoms with E-state index in [0.717, 1.165) is 18.1 Å². The lowest BCUT2D eigenvalue weighted by Gasteiger charge is -2.18. The van der Waals surface area contributed by atoms with Crippen LogP contribution in [-0.4, -0.2) is 57.6 Å². The Balaban J connectivity index is 1.81. The molecule has 36 heavy (non-hydrogen) atoms. The van der Waals surface area contributed by atoms with E-state index in [9.17, 15) is 12.8 Å². The average molecular weight is 533 g/mol. The largest absolute Gasteiger partial charge is 0.494 e. The van der Waals surface area contributed by atoms with Crippen molar-refractivity contribution in [3.05, 3.63) is 59.1 Å². The molecule has 1 atom stereocenters. The first-order valence-electron chi connectivity index (χ1n) is 11.0. The van der Waals surface area contributed by atoms with Crippen molar-refractivity contribution < 1.29 is 22.3 Å². The smallest absolute Gasteiger partial charge is 0.197 e. The zero-order valence-corrected chi connectivity index (χ0v) is 21.8. The Kier molecular flexibility index (Phi) is 7.59. The first-order valence-corrected chi connectivity index (χ1v) is 13.6. The predicted molar refractivity (Wildman–Crippen MR) is 133 cm³/mol. The fourth-order valence-electron chi connectivity index (χ4n) is 3.76. The van der Waals surface area contributed by atoms with Gasteiger partial charge in [-0.2, -0.15) is 0 Å². The molecular formula is C23H25FN6O4S2. The molecular weight excluding hydrogens is 507 g/mol. The van der Waals surface area contributed by atoms with Gasteiger partial charge in [0.2, 0.25) is 0 Å². The van der Waals surface area contributed by atoms with Crippen LogP contribution in [-0.2, 0) is 22.0 Å². The minimum absolute atomic E-state index is 0.0454. The summed E-state index contributed by atoms with van der Waals surface area (Å²) in [7, 11) is -0.731. The molecule has 3 heterocycles. The normalized spacial score (nSPS) is 12.5. The monoisotopic (exact) mass is 532 g/mol. The molecule has 0 bridgehead atoms. The topological polar surface area (TPSA) is 122 Å². The third-order valence-electron chi connectivity index (χ3n) is 5.54. The lowest BCUT2D eigenvalue weighted by Crippen LogP contribution is -2.27. The number of para-hydroxylation sites is 1. The summed E-state index contributed by atoms with van der Waals surface area (Å²) in [5, 5.41) is 10.2. The second kappa shape index (κ2) is 10.7. The van der Waals surface area contributed by atoms with Gasteiger partial charge in [-0.1, -0.05) is 13.0 Å². The lowest BCUT2D eigenvalue weighted by molar-refractivity contribution is 0.390. The van der Waals surface area contributed by atoms with E-state index in [1.807, 2.05) is 12.3 Å². The first kappa shape index (κ1) is 25.6. The number of nitrogens with zero attached hydrogens (tertiary/aromatic N) is 6. The second-order valence-corrected chi connectivity index (χ2v) is 11.1. The van der Waals surface area contributed by atoms with Crippen LogP contribution in [0.4, 0.5) is 4.39 Å². The zero-order valence-electron chi connectivity index (χ0n) is 20.2. The molecule has 13 heteroatoms. The third kappa shape index (κ3) is 5.21. The average Bonchev–Trinajstić information content (AvgIpc) is 3.48. The molecule has 0 aliphatic rings. The number of sulfone groups is 1. The van der Waals surface area contributed by atoms with Crippen LogP contribution in [0.2, 0.25) is 0 Å². The van der Waals surface area contributed by atoms with Gasteiger partial charge in [0.1, 0.15) is 28.8 Å². The summed E-state index contributed by atoms with van der Waals surface area (Å²) in [5.74, 6) is 0.709. The van der Waals surface area contributed by atoms with Crippen molar-refractivity contribution in [1.29, 1.82) is 0 Å². The molecule has 0 unspecified atom stereocenters. The van der Waals surface area contributed by atoms with Gasteiger partial charge in [-0.05, 0) is 25.5 Å². The van der Waals surface area contributed by atoms with E-state index < -0.39 is 26.7 Å². The Morgan fingerprint density at radius 2 is 1.78 bits per heavy atom. The van der Waals surface area contributed by atoms with E-state index in [2.05, 4.69) is 25.1 Å². The molecule has 0 saturated heterocycles. The maximum absolute atomic E-state index is 13.6. The summed E-state index contributed by atoms with van der Waals surface area (Å²) < 4.78 is 53.1. The van der Waals surface area contributed by atoms with E-state index in [0.29, 0.717) is 34.4 Å². The van der Waals surface area contributed by atoms with Crippen molar-refractivity contribution in [3.63, 3.8) is 0 Å². The molecule has 0 aliphatic carbocycles. The SMILES string of the molecule is CC[C@H](Cc1ncc(F)cn1)S(=O)(=O)Cc1nnc(-c2nc(C)cs2)n1-c1c(OC)cccc1OC. The van der Waals surface area contributed by atoms with Gasteiger partial charge in [0.25, 0.3) is 0 Å². The summed E-state index contributed by atoms with van der Waals surface area (Å²) >= 11 is 1.37. The molecule has 190 valence electrons. The van der Waals surface area contributed by atoms with Crippen molar-refractivity contribution in [2.24, 2.45) is 0 Å². The summed E-state index contributed by atoms with van der Waals surface area (Å²) in [6.45, 7) is 3.63. The number of hydrogen-bond acceptors (Lipinski definition) is 10. The fraction of sp³-hybridized carbons (Fsp3) is 0.348. The Morgan fingerprint density at radius 1 is 1.11 bits per heavy atom. The maximum atomic E-state index is 13.6. The number of benzene rings is 1. The van der Waals surface area contributed by atoms with Crippen molar-refractivity contribution in [3.8, 4) is 28.0 Å². The Hall–Kier alpha value is -3.45. The van der Waals surface area contributed by atoms with E-state index in [-0.39, 0.29) is 18.1 Å². The van der Waals surface area contributed by atoms with E-state index in [4.69, 9.17) is 9.47 Å². The summed E-state index contributed by atoms with van der Waals surface area (Å²) in [6.07, 6.45) is 2.40. The molecule has 3 aromatic heterocycles. The minimum Gasteiger partial charge on any atom is -0.494 e. The number of rotatable bonds is 10. The van der Waals surface area contributed by atoms with Crippen LogP contribution in [0.3, 0.4) is 0 Å². The van der Waals surface area contributed by atoms with Crippen molar-refractivity contribution >= 4 is 21.2 Å². The highest BCUT2D eigenvalue weighted by molar-refractivity contribution is 7.91. The van der Waals surface area contributed by atoms with Crippen LogP contribution < -0.4 is 9.47 Å². The number of hydrogen-bond donors (Lipinski definition) is 0. The van der Waals surface area contributed by atoms with Gasteiger partial charge in [-0.25, -0.2) is 27.8 Å². The third-order valence-corrected chi connectivity index (χ3v) is 8.68. The predicted octanol–water partition coefficient (Wildman–Crippen LogP) is 3.58. The van der Waals surface area contributed by atoms with Gasteiger partial charge in [0, 0.05) is 17.5 Å². The van der Waals surface area contributed by atoms with E-state index in [1.54, 1.807) is 29.7 Å². The van der Waals surface area contributed by atoms with E-state index in [1.165, 1.54) is 25.6 Å². The molecule has 0 spiro atoms. The van der Waals surface area contributed by atoms with Crippen LogP contribution in [0.1, 0.15) is 30.7 Å². The van der Waals surface area contributed by atoms with Crippen LogP contribution in [0.25, 0.3) is 16.5 Å². The van der Waals surface area contributed by atoms with E-state index >= 15 is 0 Å². The second-order valence-electron chi connectivity index (χ2n) is 7.94. The summed E-state index contributed by atoms with van der Waals surface area (Å²) in [4.78, 5) is 12.4. The first-order chi connectivity index (χ1) is 17.3. The van der Waals surface area contributed by atoms with Crippen molar-refractivity contribution in [2.75, 3.05) is 14.2 Å². The van der Waals surface area contributed by atoms with Gasteiger partial charge in [0.15, 0.2) is 32.3 Å². The van der Waals surface area contributed by atoms with Gasteiger partial charge in [0.05, 0.1) is 31.9 Å².